The van der Waals surface area contributed by atoms with Crippen molar-refractivity contribution in [2.24, 2.45) is 17.6 Å². The molecule has 2 heterocycles. The van der Waals surface area contributed by atoms with Crippen molar-refractivity contribution in [3.63, 3.8) is 0 Å². The molecule has 1 atom stereocenters. The van der Waals surface area contributed by atoms with Crippen LogP contribution in [-0.4, -0.2) is 45.0 Å². The van der Waals surface area contributed by atoms with Crippen molar-refractivity contribution in [2.45, 2.75) is 32.2 Å². The van der Waals surface area contributed by atoms with Gasteiger partial charge in [-0.3, -0.25) is 14.7 Å². The van der Waals surface area contributed by atoms with Crippen LogP contribution in [0.3, 0.4) is 0 Å². The van der Waals surface area contributed by atoms with E-state index in [1.807, 2.05) is 29.2 Å². The summed E-state index contributed by atoms with van der Waals surface area (Å²) in [5, 5.41) is 9.87. The number of amides is 2. The molecule has 4 N–H and O–H groups in total. The maximum Gasteiger partial charge on any atom is 0.229 e. The van der Waals surface area contributed by atoms with Crippen LogP contribution in [0.25, 0.3) is 11.4 Å². The summed E-state index contributed by atoms with van der Waals surface area (Å²) in [5.74, 6) is 1.45. The smallest absolute Gasteiger partial charge is 0.229 e. The Bertz CT molecular complexity index is 833. The van der Waals surface area contributed by atoms with Gasteiger partial charge in [-0.05, 0) is 49.9 Å². The third-order valence-electron chi connectivity index (χ3n) is 5.17. The number of aromatic amines is 1. The molecule has 0 spiro atoms. The van der Waals surface area contributed by atoms with E-state index in [0.29, 0.717) is 24.7 Å². The predicted octanol–water partition coefficient (Wildman–Crippen LogP) is 1.94. The predicted molar refractivity (Wildman–Crippen MR) is 108 cm³/mol. The number of piperidine rings is 1. The lowest BCUT2D eigenvalue weighted by Crippen LogP contribution is -2.44. The first kappa shape index (κ1) is 20.3. The Morgan fingerprint density at radius 3 is 2.57 bits per heavy atom. The number of benzene rings is 1. The molecule has 9 heteroatoms. The minimum atomic E-state index is -0.152. The van der Waals surface area contributed by atoms with Gasteiger partial charge in [0.05, 0.1) is 12.5 Å². The molecule has 2 fully saturated rings. The van der Waals surface area contributed by atoms with Crippen molar-refractivity contribution in [3.8, 4) is 11.4 Å². The van der Waals surface area contributed by atoms with Gasteiger partial charge in [0.2, 0.25) is 11.8 Å². The Morgan fingerprint density at radius 1 is 1.18 bits per heavy atom. The lowest BCUT2D eigenvalue weighted by molar-refractivity contribution is -0.135. The number of rotatable bonds is 5. The van der Waals surface area contributed by atoms with E-state index in [1.165, 1.54) is 0 Å². The topological polar surface area (TPSA) is 117 Å². The number of halogens is 1. The summed E-state index contributed by atoms with van der Waals surface area (Å²) >= 11 is 0. The van der Waals surface area contributed by atoms with Crippen LogP contribution >= 0.6 is 12.4 Å². The van der Waals surface area contributed by atoms with E-state index in [1.54, 1.807) is 0 Å². The van der Waals surface area contributed by atoms with Gasteiger partial charge in [-0.15, -0.1) is 12.4 Å². The van der Waals surface area contributed by atoms with E-state index in [2.05, 4.69) is 20.5 Å². The summed E-state index contributed by atoms with van der Waals surface area (Å²) in [6.45, 7) is 1.61. The largest absolute Gasteiger partial charge is 0.342 e. The van der Waals surface area contributed by atoms with E-state index in [9.17, 15) is 9.59 Å². The highest BCUT2D eigenvalue weighted by atomic mass is 35.5. The molecule has 1 aromatic heterocycles. The number of aromatic nitrogens is 3. The lowest BCUT2D eigenvalue weighted by Gasteiger charge is -2.32. The van der Waals surface area contributed by atoms with Crippen LogP contribution in [0.4, 0.5) is 5.69 Å². The Morgan fingerprint density at radius 2 is 1.93 bits per heavy atom. The van der Waals surface area contributed by atoms with Gasteiger partial charge >= 0.3 is 0 Å². The number of hydrogen-bond donors (Lipinski definition) is 3. The molecule has 1 saturated heterocycles. The number of carbonyl (C=O) groups excluding carboxylic acids is 2. The molecule has 4 rings (SSSR count). The molecule has 1 saturated carbocycles. The summed E-state index contributed by atoms with van der Waals surface area (Å²) in [6, 6.07) is 7.40. The molecule has 1 unspecified atom stereocenters. The fourth-order valence-corrected chi connectivity index (χ4v) is 3.44. The SMILES string of the molecule is Cl.NCc1nc(-c2ccc(NC(=O)C3CCCN(C(=O)C4CC4)C3)cc2)n[nH]1. The summed E-state index contributed by atoms with van der Waals surface area (Å²) in [6.07, 6.45) is 3.69. The molecule has 1 aromatic carbocycles. The Labute approximate surface area is 169 Å². The fraction of sp³-hybridized carbons (Fsp3) is 0.474. The van der Waals surface area contributed by atoms with Gasteiger partial charge in [0, 0.05) is 30.3 Å². The first-order valence-electron chi connectivity index (χ1n) is 9.45. The van der Waals surface area contributed by atoms with Crippen molar-refractivity contribution >= 4 is 29.9 Å². The molecule has 2 amide bonds. The minimum absolute atomic E-state index is 0. The quantitative estimate of drug-likeness (QED) is 0.704. The van der Waals surface area contributed by atoms with Crippen LogP contribution in [0.1, 0.15) is 31.5 Å². The van der Waals surface area contributed by atoms with Gasteiger partial charge in [0.15, 0.2) is 5.82 Å². The second-order valence-electron chi connectivity index (χ2n) is 7.27. The Hall–Kier alpha value is -2.45. The first-order chi connectivity index (χ1) is 13.1. The van der Waals surface area contributed by atoms with Gasteiger partial charge in [0.1, 0.15) is 5.82 Å². The van der Waals surface area contributed by atoms with Crippen LogP contribution < -0.4 is 11.1 Å². The van der Waals surface area contributed by atoms with E-state index >= 15 is 0 Å². The van der Waals surface area contributed by atoms with Crippen LogP contribution in [0.2, 0.25) is 0 Å². The van der Waals surface area contributed by atoms with Crippen molar-refractivity contribution < 1.29 is 9.59 Å². The molecule has 0 bridgehead atoms. The zero-order chi connectivity index (χ0) is 18.8. The molecule has 2 aliphatic rings. The number of nitrogens with zero attached hydrogens (tertiary/aromatic N) is 3. The van der Waals surface area contributed by atoms with Crippen molar-refractivity contribution in [3.05, 3.63) is 30.1 Å². The van der Waals surface area contributed by atoms with Crippen LogP contribution in [0.5, 0.6) is 0 Å². The third kappa shape index (κ3) is 4.51. The number of H-pyrrole nitrogens is 1. The number of likely N-dealkylation sites (tertiary alicyclic amines) is 1. The van der Waals surface area contributed by atoms with Crippen molar-refractivity contribution in [1.82, 2.24) is 20.1 Å². The zero-order valence-corrected chi connectivity index (χ0v) is 16.4. The number of nitrogens with one attached hydrogen (secondary N) is 2. The van der Waals surface area contributed by atoms with E-state index in [0.717, 1.165) is 43.5 Å². The van der Waals surface area contributed by atoms with Crippen molar-refractivity contribution in [2.75, 3.05) is 18.4 Å². The summed E-state index contributed by atoms with van der Waals surface area (Å²) < 4.78 is 0. The second kappa shape index (κ2) is 8.70. The second-order valence-corrected chi connectivity index (χ2v) is 7.27. The molecule has 150 valence electrons. The van der Waals surface area contributed by atoms with E-state index in [-0.39, 0.29) is 36.1 Å². The highest BCUT2D eigenvalue weighted by Gasteiger charge is 2.36. The normalized spacial score (nSPS) is 19.0. The fourth-order valence-electron chi connectivity index (χ4n) is 3.44. The van der Waals surface area contributed by atoms with Crippen LogP contribution in [-0.2, 0) is 16.1 Å². The maximum absolute atomic E-state index is 12.6. The monoisotopic (exact) mass is 404 g/mol. The van der Waals surface area contributed by atoms with Gasteiger partial charge in [-0.2, -0.15) is 5.10 Å². The molecule has 28 heavy (non-hydrogen) atoms. The highest BCUT2D eigenvalue weighted by Crippen LogP contribution is 2.32. The molecule has 1 aliphatic heterocycles. The average Bonchev–Trinajstić information content (AvgIpc) is 3.45. The number of nitrogens with two attached hydrogens (primary N) is 1. The standard InChI is InChI=1S/C19H24N6O2.ClH/c20-10-16-22-17(24-23-16)12-5-7-15(8-6-12)21-18(26)14-2-1-9-25(11-14)19(27)13-3-4-13;/h5-8,13-14H,1-4,9-11,20H2,(H,21,26)(H,22,23,24);1H. The molecular formula is C19H25ClN6O2. The van der Waals surface area contributed by atoms with E-state index < -0.39 is 0 Å². The van der Waals surface area contributed by atoms with Crippen molar-refractivity contribution in [1.29, 1.82) is 0 Å². The molecule has 1 aliphatic carbocycles. The average molecular weight is 405 g/mol. The van der Waals surface area contributed by atoms with Gasteiger partial charge in [0.25, 0.3) is 0 Å². The summed E-state index contributed by atoms with van der Waals surface area (Å²) in [4.78, 5) is 31.0. The lowest BCUT2D eigenvalue weighted by atomic mass is 9.96. The summed E-state index contributed by atoms with van der Waals surface area (Å²) in [7, 11) is 0. The van der Waals surface area contributed by atoms with Gasteiger partial charge in [-0.25, -0.2) is 4.98 Å². The molecule has 8 nitrogen and oxygen atoms in total. The maximum atomic E-state index is 12.6. The zero-order valence-electron chi connectivity index (χ0n) is 15.6. The van der Waals surface area contributed by atoms with Gasteiger partial charge in [-0.1, -0.05) is 0 Å². The molecule has 2 aromatic rings. The Kier molecular flexibility index (Phi) is 6.31. The highest BCUT2D eigenvalue weighted by molar-refractivity contribution is 5.93. The molecular weight excluding hydrogens is 380 g/mol. The first-order valence-corrected chi connectivity index (χ1v) is 9.45. The van der Waals surface area contributed by atoms with Gasteiger partial charge < -0.3 is 16.0 Å². The minimum Gasteiger partial charge on any atom is -0.342 e. The number of carbonyl (C=O) groups is 2. The van der Waals surface area contributed by atoms with Crippen LogP contribution in [0, 0.1) is 11.8 Å². The number of hydrogen-bond acceptors (Lipinski definition) is 5. The Balaban J connectivity index is 0.00000225. The summed E-state index contributed by atoms with van der Waals surface area (Å²) in [5.41, 5.74) is 7.11. The third-order valence-corrected chi connectivity index (χ3v) is 5.17. The van der Waals surface area contributed by atoms with E-state index in [4.69, 9.17) is 5.73 Å². The molecule has 0 radical (unpaired) electrons. The van der Waals surface area contributed by atoms with Crippen LogP contribution in [0.15, 0.2) is 24.3 Å². The number of anilines is 1.